The predicted octanol–water partition coefficient (Wildman–Crippen LogP) is 3.42. The van der Waals surface area contributed by atoms with E-state index in [9.17, 15) is 0 Å². The maximum absolute atomic E-state index is 5.71. The highest BCUT2D eigenvalue weighted by Crippen LogP contribution is 2.22. The van der Waals surface area contributed by atoms with Gasteiger partial charge in [-0.05, 0) is 48.9 Å². The number of thiocarbonyl (C=S) groups is 1. The van der Waals surface area contributed by atoms with Gasteiger partial charge in [0.05, 0.1) is 0 Å². The Bertz CT molecular complexity index is 534. The molecule has 0 bridgehead atoms. The molecule has 0 unspecified atom stereocenters. The molecule has 0 spiro atoms. The zero-order valence-corrected chi connectivity index (χ0v) is 10.3. The fraction of sp³-hybridized carbons (Fsp3) is 0.0714. The summed E-state index contributed by atoms with van der Waals surface area (Å²) in [6, 6.07) is 15.3. The van der Waals surface area contributed by atoms with Crippen molar-refractivity contribution in [2.45, 2.75) is 6.92 Å². The van der Waals surface area contributed by atoms with E-state index < -0.39 is 0 Å². The van der Waals surface area contributed by atoms with Gasteiger partial charge in [-0.15, -0.1) is 0 Å². The molecule has 2 nitrogen and oxygen atoms in total. The van der Waals surface area contributed by atoms with Gasteiger partial charge in [0.15, 0.2) is 0 Å². The zero-order chi connectivity index (χ0) is 12.3. The normalized spacial score (nSPS) is 9.94. The van der Waals surface area contributed by atoms with Crippen LogP contribution in [0.4, 0.5) is 0 Å². The lowest BCUT2D eigenvalue weighted by atomic mass is 10.2. The van der Waals surface area contributed by atoms with Crippen LogP contribution in [-0.2, 0) is 0 Å². The number of rotatable bonds is 3. The molecule has 2 aromatic carbocycles. The van der Waals surface area contributed by atoms with Crippen LogP contribution in [0, 0.1) is 6.92 Å². The quantitative estimate of drug-likeness (QED) is 0.839. The van der Waals surface area contributed by atoms with E-state index in [0.29, 0.717) is 4.99 Å². The summed E-state index contributed by atoms with van der Waals surface area (Å²) in [6.07, 6.45) is 0. The molecule has 0 aliphatic heterocycles. The number of hydrogen-bond donors (Lipinski definition) is 1. The third-order valence-electron chi connectivity index (χ3n) is 2.36. The van der Waals surface area contributed by atoms with Crippen LogP contribution in [0.1, 0.15) is 11.1 Å². The SMILES string of the molecule is Cc1cccc(Oc2ccc(C(N)=S)cc2)c1. The van der Waals surface area contributed by atoms with Crippen LogP contribution in [0.5, 0.6) is 11.5 Å². The molecular formula is C14H13NOS. The number of hydrogen-bond acceptors (Lipinski definition) is 2. The molecule has 3 heteroatoms. The molecule has 86 valence electrons. The van der Waals surface area contributed by atoms with Gasteiger partial charge in [0.25, 0.3) is 0 Å². The highest BCUT2D eigenvalue weighted by molar-refractivity contribution is 7.80. The van der Waals surface area contributed by atoms with Gasteiger partial charge in [-0.1, -0.05) is 24.4 Å². The van der Waals surface area contributed by atoms with Gasteiger partial charge in [0.1, 0.15) is 16.5 Å². The summed E-state index contributed by atoms with van der Waals surface area (Å²) >= 11 is 4.89. The van der Waals surface area contributed by atoms with Crippen LogP contribution in [0.3, 0.4) is 0 Å². The predicted molar refractivity (Wildman–Crippen MR) is 73.6 cm³/mol. The maximum Gasteiger partial charge on any atom is 0.127 e. The Hall–Kier alpha value is -1.87. The first-order valence-electron chi connectivity index (χ1n) is 5.29. The largest absolute Gasteiger partial charge is 0.457 e. The van der Waals surface area contributed by atoms with E-state index >= 15 is 0 Å². The Morgan fingerprint density at radius 2 is 1.76 bits per heavy atom. The van der Waals surface area contributed by atoms with Gasteiger partial charge in [0, 0.05) is 5.56 Å². The van der Waals surface area contributed by atoms with Crippen molar-refractivity contribution in [3.05, 3.63) is 59.7 Å². The Morgan fingerprint density at radius 3 is 2.35 bits per heavy atom. The average Bonchev–Trinajstić information content (AvgIpc) is 2.29. The van der Waals surface area contributed by atoms with Crippen molar-refractivity contribution in [1.82, 2.24) is 0 Å². The molecule has 0 saturated carbocycles. The van der Waals surface area contributed by atoms with Gasteiger partial charge in [0.2, 0.25) is 0 Å². The number of benzene rings is 2. The van der Waals surface area contributed by atoms with Crippen molar-refractivity contribution in [2.24, 2.45) is 5.73 Å². The third kappa shape index (κ3) is 3.04. The smallest absolute Gasteiger partial charge is 0.127 e. The third-order valence-corrected chi connectivity index (χ3v) is 2.60. The summed E-state index contributed by atoms with van der Waals surface area (Å²) in [4.78, 5) is 0.395. The highest BCUT2D eigenvalue weighted by Gasteiger charge is 1.99. The van der Waals surface area contributed by atoms with Crippen LogP contribution < -0.4 is 10.5 Å². The summed E-state index contributed by atoms with van der Waals surface area (Å²) < 4.78 is 5.71. The minimum atomic E-state index is 0.395. The molecule has 0 saturated heterocycles. The van der Waals surface area contributed by atoms with Gasteiger partial charge < -0.3 is 10.5 Å². The molecule has 0 fully saturated rings. The lowest BCUT2D eigenvalue weighted by Gasteiger charge is -2.06. The topological polar surface area (TPSA) is 35.2 Å². The summed E-state index contributed by atoms with van der Waals surface area (Å²) in [5.74, 6) is 1.60. The van der Waals surface area contributed by atoms with Crippen LogP contribution in [-0.4, -0.2) is 4.99 Å². The number of aryl methyl sites for hydroxylation is 1. The maximum atomic E-state index is 5.71. The monoisotopic (exact) mass is 243 g/mol. The van der Waals surface area contributed by atoms with Gasteiger partial charge in [-0.2, -0.15) is 0 Å². The van der Waals surface area contributed by atoms with Crippen LogP contribution in [0.25, 0.3) is 0 Å². The van der Waals surface area contributed by atoms with Crippen LogP contribution in [0.15, 0.2) is 48.5 Å². The van der Waals surface area contributed by atoms with E-state index in [4.69, 9.17) is 22.7 Å². The van der Waals surface area contributed by atoms with Crippen molar-refractivity contribution in [2.75, 3.05) is 0 Å². The van der Waals surface area contributed by atoms with E-state index in [-0.39, 0.29) is 0 Å². The first kappa shape index (κ1) is 11.6. The van der Waals surface area contributed by atoms with E-state index in [1.165, 1.54) is 5.56 Å². The van der Waals surface area contributed by atoms with E-state index in [0.717, 1.165) is 17.1 Å². The molecule has 2 N–H and O–H groups in total. The summed E-state index contributed by atoms with van der Waals surface area (Å²) in [7, 11) is 0. The number of nitrogens with two attached hydrogens (primary N) is 1. The fourth-order valence-corrected chi connectivity index (χ4v) is 1.64. The standard InChI is InChI=1S/C14H13NOS/c1-10-3-2-4-13(9-10)16-12-7-5-11(6-8-12)14(15)17/h2-9H,1H3,(H2,15,17). The Kier molecular flexibility index (Phi) is 3.40. The molecule has 0 aliphatic rings. The molecular weight excluding hydrogens is 230 g/mol. The summed E-state index contributed by atoms with van der Waals surface area (Å²) in [5.41, 5.74) is 7.54. The van der Waals surface area contributed by atoms with Crippen LogP contribution in [0.2, 0.25) is 0 Å². The molecule has 0 aliphatic carbocycles. The molecule has 0 aromatic heterocycles. The second-order valence-electron chi connectivity index (χ2n) is 3.81. The first-order chi connectivity index (χ1) is 8.15. The summed E-state index contributed by atoms with van der Waals surface area (Å²) in [6.45, 7) is 2.03. The van der Waals surface area contributed by atoms with Crippen LogP contribution >= 0.6 is 12.2 Å². The number of ether oxygens (including phenoxy) is 1. The Balaban J connectivity index is 2.16. The second-order valence-corrected chi connectivity index (χ2v) is 4.25. The van der Waals surface area contributed by atoms with Gasteiger partial charge >= 0.3 is 0 Å². The first-order valence-corrected chi connectivity index (χ1v) is 5.70. The average molecular weight is 243 g/mol. The molecule has 2 rings (SSSR count). The van der Waals surface area contributed by atoms with E-state index in [1.807, 2.05) is 55.5 Å². The minimum Gasteiger partial charge on any atom is -0.457 e. The molecule has 0 amide bonds. The van der Waals surface area contributed by atoms with Crippen molar-refractivity contribution < 1.29 is 4.74 Å². The summed E-state index contributed by atoms with van der Waals surface area (Å²) in [5, 5.41) is 0. The van der Waals surface area contributed by atoms with Crippen molar-refractivity contribution >= 4 is 17.2 Å². The van der Waals surface area contributed by atoms with Gasteiger partial charge in [-0.25, -0.2) is 0 Å². The zero-order valence-electron chi connectivity index (χ0n) is 9.51. The Morgan fingerprint density at radius 1 is 1.06 bits per heavy atom. The van der Waals surface area contributed by atoms with Crippen molar-refractivity contribution in [1.29, 1.82) is 0 Å². The lowest BCUT2D eigenvalue weighted by Crippen LogP contribution is -2.08. The molecule has 0 atom stereocenters. The van der Waals surface area contributed by atoms with Crippen molar-refractivity contribution in [3.8, 4) is 11.5 Å². The highest BCUT2D eigenvalue weighted by atomic mass is 32.1. The minimum absolute atomic E-state index is 0.395. The fourth-order valence-electron chi connectivity index (χ4n) is 1.50. The second kappa shape index (κ2) is 4.97. The Labute approximate surface area is 106 Å². The van der Waals surface area contributed by atoms with E-state index in [1.54, 1.807) is 0 Å². The van der Waals surface area contributed by atoms with Crippen molar-refractivity contribution in [3.63, 3.8) is 0 Å². The lowest BCUT2D eigenvalue weighted by molar-refractivity contribution is 0.482. The van der Waals surface area contributed by atoms with E-state index in [2.05, 4.69) is 0 Å². The molecule has 17 heavy (non-hydrogen) atoms. The molecule has 0 radical (unpaired) electrons. The molecule has 0 heterocycles. The molecule has 2 aromatic rings. The van der Waals surface area contributed by atoms with Gasteiger partial charge in [-0.3, -0.25) is 0 Å².